The van der Waals surface area contributed by atoms with Gasteiger partial charge < -0.3 is 10.2 Å². The molecule has 126 valence electrons. The molecular formula is C18H15BrN4O2. The van der Waals surface area contributed by atoms with E-state index in [0.29, 0.717) is 29.3 Å². The Morgan fingerprint density at radius 2 is 2.04 bits per heavy atom. The molecule has 4 rings (SSSR count). The van der Waals surface area contributed by atoms with E-state index >= 15 is 0 Å². The van der Waals surface area contributed by atoms with E-state index in [1.165, 1.54) is 0 Å². The Hall–Kier alpha value is -2.67. The van der Waals surface area contributed by atoms with Crippen molar-refractivity contribution in [2.45, 2.75) is 0 Å². The Morgan fingerprint density at radius 3 is 2.84 bits per heavy atom. The van der Waals surface area contributed by atoms with Gasteiger partial charge in [0.15, 0.2) is 0 Å². The van der Waals surface area contributed by atoms with Crippen LogP contribution < -0.4 is 10.2 Å². The Morgan fingerprint density at radius 1 is 1.24 bits per heavy atom. The largest absolute Gasteiger partial charge is 0.322 e. The highest BCUT2D eigenvalue weighted by Crippen LogP contribution is 2.32. The quantitative estimate of drug-likeness (QED) is 0.845. The molecule has 0 aliphatic carbocycles. The van der Waals surface area contributed by atoms with Gasteiger partial charge in [0.25, 0.3) is 11.8 Å². The molecule has 7 heteroatoms. The number of nitrogens with zero attached hydrogens (tertiary/aromatic N) is 3. The standard InChI is InChI=1S/C18H15BrN4O2/c1-22-17(25)13-10-11(6-7-15(13)23-9-8-20-18(22)23)21-16(24)12-4-2-3-5-14(12)19/h2-7,10H,8-9H2,1H3,(H,21,24). The summed E-state index contributed by atoms with van der Waals surface area (Å²) in [7, 11) is 1.72. The Bertz CT molecular complexity index is 925. The maximum atomic E-state index is 12.6. The number of carbonyl (C=O) groups excluding carboxylic acids is 2. The van der Waals surface area contributed by atoms with Gasteiger partial charge in [0, 0.05) is 23.8 Å². The molecule has 0 atom stereocenters. The lowest BCUT2D eigenvalue weighted by molar-refractivity contribution is 0.0865. The van der Waals surface area contributed by atoms with Gasteiger partial charge >= 0.3 is 0 Å². The van der Waals surface area contributed by atoms with Crippen molar-refractivity contribution >= 4 is 45.1 Å². The number of halogens is 1. The average molecular weight is 399 g/mol. The zero-order valence-electron chi connectivity index (χ0n) is 13.5. The van der Waals surface area contributed by atoms with Crippen molar-refractivity contribution in [1.29, 1.82) is 0 Å². The van der Waals surface area contributed by atoms with Crippen LogP contribution in [0.4, 0.5) is 11.4 Å². The minimum atomic E-state index is -0.229. The lowest BCUT2D eigenvalue weighted by Crippen LogP contribution is -2.48. The van der Waals surface area contributed by atoms with E-state index in [1.54, 1.807) is 30.1 Å². The number of hydrogen-bond acceptors (Lipinski definition) is 4. The Balaban J connectivity index is 1.66. The number of carbonyl (C=O) groups is 2. The van der Waals surface area contributed by atoms with E-state index in [0.717, 1.165) is 16.7 Å². The molecule has 0 unspecified atom stereocenters. The van der Waals surface area contributed by atoms with Crippen LogP contribution in [0.15, 0.2) is 51.9 Å². The Labute approximate surface area is 153 Å². The highest BCUT2D eigenvalue weighted by molar-refractivity contribution is 9.10. The van der Waals surface area contributed by atoms with Gasteiger partial charge in [-0.05, 0) is 46.3 Å². The normalized spacial score (nSPS) is 15.6. The summed E-state index contributed by atoms with van der Waals surface area (Å²) in [6.07, 6.45) is 0. The number of benzene rings is 2. The zero-order valence-corrected chi connectivity index (χ0v) is 15.1. The average Bonchev–Trinajstić information content (AvgIpc) is 3.10. The van der Waals surface area contributed by atoms with E-state index in [-0.39, 0.29) is 11.8 Å². The molecule has 2 amide bonds. The van der Waals surface area contributed by atoms with Crippen molar-refractivity contribution in [2.24, 2.45) is 4.99 Å². The SMILES string of the molecule is CN1C(=O)c2cc(NC(=O)c3ccccc3Br)ccc2N2CCN=C12. The van der Waals surface area contributed by atoms with Gasteiger partial charge in [0.1, 0.15) is 0 Å². The molecule has 0 saturated carbocycles. The minimum absolute atomic E-state index is 0.121. The van der Waals surface area contributed by atoms with Crippen LogP contribution in [0.1, 0.15) is 20.7 Å². The lowest BCUT2D eigenvalue weighted by atomic mass is 10.1. The molecule has 25 heavy (non-hydrogen) atoms. The van der Waals surface area contributed by atoms with Crippen molar-refractivity contribution in [1.82, 2.24) is 4.90 Å². The van der Waals surface area contributed by atoms with Crippen LogP contribution in [0, 0.1) is 0 Å². The molecule has 2 aliphatic heterocycles. The van der Waals surface area contributed by atoms with E-state index in [2.05, 4.69) is 26.2 Å². The van der Waals surface area contributed by atoms with Gasteiger partial charge in [0.05, 0.1) is 23.4 Å². The third-order valence-corrected chi connectivity index (χ3v) is 5.01. The van der Waals surface area contributed by atoms with Crippen molar-refractivity contribution in [3.8, 4) is 0 Å². The van der Waals surface area contributed by atoms with E-state index < -0.39 is 0 Å². The molecule has 2 aromatic carbocycles. The van der Waals surface area contributed by atoms with E-state index in [1.807, 2.05) is 29.2 Å². The van der Waals surface area contributed by atoms with E-state index in [4.69, 9.17) is 0 Å². The van der Waals surface area contributed by atoms with Crippen LogP contribution >= 0.6 is 15.9 Å². The summed E-state index contributed by atoms with van der Waals surface area (Å²) >= 11 is 3.38. The molecule has 1 N–H and O–H groups in total. The van der Waals surface area contributed by atoms with Crippen molar-refractivity contribution in [3.05, 3.63) is 58.1 Å². The van der Waals surface area contributed by atoms with Crippen LogP contribution in [0.5, 0.6) is 0 Å². The molecule has 0 bridgehead atoms. The summed E-state index contributed by atoms with van der Waals surface area (Å²) < 4.78 is 0.721. The van der Waals surface area contributed by atoms with Crippen LogP contribution in [0.3, 0.4) is 0 Å². The number of hydrogen-bond donors (Lipinski definition) is 1. The van der Waals surface area contributed by atoms with Crippen LogP contribution in [0.2, 0.25) is 0 Å². The molecule has 0 spiro atoms. The summed E-state index contributed by atoms with van der Waals surface area (Å²) in [5.74, 6) is 0.332. The number of anilines is 2. The summed E-state index contributed by atoms with van der Waals surface area (Å²) in [4.78, 5) is 33.0. The number of nitrogens with one attached hydrogen (secondary N) is 1. The first-order valence-electron chi connectivity index (χ1n) is 7.86. The van der Waals surface area contributed by atoms with E-state index in [9.17, 15) is 9.59 Å². The van der Waals surface area contributed by atoms with Crippen LogP contribution in [-0.4, -0.2) is 42.8 Å². The molecule has 0 radical (unpaired) electrons. The van der Waals surface area contributed by atoms with Gasteiger partial charge in [-0.25, -0.2) is 0 Å². The highest BCUT2D eigenvalue weighted by atomic mass is 79.9. The van der Waals surface area contributed by atoms with Gasteiger partial charge in [-0.3, -0.25) is 19.5 Å². The number of aliphatic imine (C=N–C) groups is 1. The van der Waals surface area contributed by atoms with Crippen molar-refractivity contribution < 1.29 is 9.59 Å². The molecule has 2 aliphatic rings. The summed E-state index contributed by atoms with van der Waals surface area (Å²) in [6.45, 7) is 1.43. The monoisotopic (exact) mass is 398 g/mol. The summed E-state index contributed by atoms with van der Waals surface area (Å²) in [5.41, 5.74) is 2.52. The molecule has 6 nitrogen and oxygen atoms in total. The molecule has 0 saturated heterocycles. The fourth-order valence-electron chi connectivity index (χ4n) is 3.09. The predicted octanol–water partition coefficient (Wildman–Crippen LogP) is 2.96. The van der Waals surface area contributed by atoms with Gasteiger partial charge in [0.2, 0.25) is 5.96 Å². The van der Waals surface area contributed by atoms with Gasteiger partial charge in [-0.2, -0.15) is 0 Å². The lowest BCUT2D eigenvalue weighted by Gasteiger charge is -2.33. The summed E-state index contributed by atoms with van der Waals surface area (Å²) in [5, 5.41) is 2.86. The molecule has 0 fully saturated rings. The second kappa shape index (κ2) is 6.00. The van der Waals surface area contributed by atoms with Crippen molar-refractivity contribution in [3.63, 3.8) is 0 Å². The maximum Gasteiger partial charge on any atom is 0.262 e. The third kappa shape index (κ3) is 2.60. The smallest absolute Gasteiger partial charge is 0.262 e. The topological polar surface area (TPSA) is 65.0 Å². The van der Waals surface area contributed by atoms with Crippen molar-refractivity contribution in [2.75, 3.05) is 30.4 Å². The van der Waals surface area contributed by atoms with Gasteiger partial charge in [-0.1, -0.05) is 12.1 Å². The fourth-order valence-corrected chi connectivity index (χ4v) is 3.55. The first-order valence-corrected chi connectivity index (χ1v) is 8.65. The number of amides is 2. The number of rotatable bonds is 2. The second-order valence-electron chi connectivity index (χ2n) is 5.86. The Kier molecular flexibility index (Phi) is 3.80. The molecule has 2 heterocycles. The molecular weight excluding hydrogens is 384 g/mol. The first-order chi connectivity index (χ1) is 12.1. The van der Waals surface area contributed by atoms with Crippen LogP contribution in [-0.2, 0) is 0 Å². The van der Waals surface area contributed by atoms with Crippen LogP contribution in [0.25, 0.3) is 0 Å². The predicted molar refractivity (Wildman–Crippen MR) is 100 cm³/mol. The molecule has 0 aromatic heterocycles. The second-order valence-corrected chi connectivity index (χ2v) is 6.72. The number of fused-ring (bicyclic) bond motifs is 3. The summed E-state index contributed by atoms with van der Waals surface area (Å²) in [6, 6.07) is 12.6. The fraction of sp³-hybridized carbons (Fsp3) is 0.167. The number of guanidine groups is 1. The highest BCUT2D eigenvalue weighted by Gasteiger charge is 2.35. The third-order valence-electron chi connectivity index (χ3n) is 4.32. The maximum absolute atomic E-state index is 12.6. The minimum Gasteiger partial charge on any atom is -0.322 e. The molecule has 2 aromatic rings. The van der Waals surface area contributed by atoms with Gasteiger partial charge in [-0.15, -0.1) is 0 Å². The zero-order chi connectivity index (χ0) is 17.6. The first kappa shape index (κ1) is 15.8.